The van der Waals surface area contributed by atoms with E-state index in [-0.39, 0.29) is 22.2 Å². The molecule has 4 aromatic rings. The summed E-state index contributed by atoms with van der Waals surface area (Å²) in [6.07, 6.45) is 1.35. The Labute approximate surface area is 192 Å². The average molecular weight is 525 g/mol. The van der Waals surface area contributed by atoms with E-state index >= 15 is 0 Å². The van der Waals surface area contributed by atoms with Gasteiger partial charge in [0.05, 0.1) is 26.8 Å². The van der Waals surface area contributed by atoms with Crippen molar-refractivity contribution in [3.63, 3.8) is 0 Å². The van der Waals surface area contributed by atoms with Crippen LogP contribution < -0.4 is 14.8 Å². The minimum absolute atomic E-state index is 0.133. The number of methoxy groups -OCH3 is 1. The first-order valence-electron chi connectivity index (χ1n) is 8.62. The SMILES string of the molecule is COc1ccnc(C(=O)Nc2nc3ccc(Oc4ccc(F)cc4Cl)c(Br)c3s2)c1O. The number of aromatic hydroxyl groups is 1. The van der Waals surface area contributed by atoms with Crippen LogP contribution in [0.5, 0.6) is 23.0 Å². The Morgan fingerprint density at radius 3 is 2.74 bits per heavy atom. The number of carbonyl (C=O) groups excluding carboxylic acids is 1. The van der Waals surface area contributed by atoms with E-state index in [9.17, 15) is 14.3 Å². The van der Waals surface area contributed by atoms with E-state index < -0.39 is 11.7 Å². The van der Waals surface area contributed by atoms with Crippen molar-refractivity contribution in [2.75, 3.05) is 12.4 Å². The van der Waals surface area contributed by atoms with E-state index in [4.69, 9.17) is 21.1 Å². The summed E-state index contributed by atoms with van der Waals surface area (Å²) >= 11 is 10.7. The summed E-state index contributed by atoms with van der Waals surface area (Å²) < 4.78 is 25.3. The quantitative estimate of drug-likeness (QED) is 0.332. The third-order valence-corrected chi connectivity index (χ3v) is 6.47. The Kier molecular flexibility index (Phi) is 5.94. The predicted molar refractivity (Wildman–Crippen MR) is 119 cm³/mol. The van der Waals surface area contributed by atoms with Crippen LogP contribution in [-0.4, -0.2) is 28.1 Å². The topological polar surface area (TPSA) is 93.6 Å². The molecule has 0 radical (unpaired) electrons. The first-order valence-corrected chi connectivity index (χ1v) is 10.6. The second-order valence-electron chi connectivity index (χ2n) is 6.09. The minimum atomic E-state index is -0.638. The van der Waals surface area contributed by atoms with Crippen molar-refractivity contribution in [2.45, 2.75) is 0 Å². The van der Waals surface area contributed by atoms with E-state index in [0.29, 0.717) is 31.3 Å². The lowest BCUT2D eigenvalue weighted by Crippen LogP contribution is -2.13. The zero-order chi connectivity index (χ0) is 22.1. The van der Waals surface area contributed by atoms with Crippen molar-refractivity contribution in [1.82, 2.24) is 9.97 Å². The first-order chi connectivity index (χ1) is 14.9. The predicted octanol–water partition coefficient (Wildman–Crippen LogP) is 6.01. The van der Waals surface area contributed by atoms with Gasteiger partial charge in [-0.25, -0.2) is 14.4 Å². The summed E-state index contributed by atoms with van der Waals surface area (Å²) in [7, 11) is 1.38. The molecule has 0 fully saturated rings. The van der Waals surface area contributed by atoms with E-state index in [1.54, 1.807) is 12.1 Å². The standard InChI is InChI=1S/C20H12BrClFN3O4S/c1-29-14-6-7-24-16(17(14)27)19(28)26-20-25-11-3-5-13(15(21)18(11)31-20)30-12-4-2-9(23)8-10(12)22/h2-8,27H,1H3,(H,25,26,28). The summed E-state index contributed by atoms with van der Waals surface area (Å²) in [5.74, 6) is -0.604. The first kappa shape index (κ1) is 21.3. The summed E-state index contributed by atoms with van der Waals surface area (Å²) in [4.78, 5) is 20.8. The molecule has 0 bridgehead atoms. The Hall–Kier alpha value is -2.95. The number of hydrogen-bond acceptors (Lipinski definition) is 7. The van der Waals surface area contributed by atoms with E-state index in [1.807, 2.05) is 0 Å². The molecule has 2 aromatic carbocycles. The number of pyridine rings is 1. The van der Waals surface area contributed by atoms with Crippen molar-refractivity contribution >= 4 is 60.1 Å². The van der Waals surface area contributed by atoms with Crippen molar-refractivity contribution in [3.05, 3.63) is 63.6 Å². The number of rotatable bonds is 5. The molecule has 0 aliphatic rings. The fourth-order valence-electron chi connectivity index (χ4n) is 2.67. The van der Waals surface area contributed by atoms with Crippen LogP contribution in [0.1, 0.15) is 10.5 Å². The van der Waals surface area contributed by atoms with Gasteiger partial charge in [-0.2, -0.15) is 0 Å². The third-order valence-electron chi connectivity index (χ3n) is 4.12. The fraction of sp³-hybridized carbons (Fsp3) is 0.0500. The van der Waals surface area contributed by atoms with Crippen molar-refractivity contribution < 1.29 is 23.8 Å². The van der Waals surface area contributed by atoms with Gasteiger partial charge in [0.25, 0.3) is 5.91 Å². The second-order valence-corrected chi connectivity index (χ2v) is 8.29. The maximum atomic E-state index is 13.3. The lowest BCUT2D eigenvalue weighted by atomic mass is 10.3. The lowest BCUT2D eigenvalue weighted by Gasteiger charge is -2.09. The van der Waals surface area contributed by atoms with Gasteiger partial charge >= 0.3 is 0 Å². The van der Waals surface area contributed by atoms with E-state index in [2.05, 4.69) is 31.2 Å². The van der Waals surface area contributed by atoms with E-state index in [0.717, 1.165) is 6.07 Å². The number of thiazole rings is 1. The number of nitrogens with zero attached hydrogens (tertiary/aromatic N) is 2. The molecule has 0 aliphatic carbocycles. The largest absolute Gasteiger partial charge is 0.503 e. The smallest absolute Gasteiger partial charge is 0.280 e. The Bertz CT molecular complexity index is 1320. The molecule has 4 rings (SSSR count). The summed E-state index contributed by atoms with van der Waals surface area (Å²) in [6.45, 7) is 0. The highest BCUT2D eigenvalue weighted by Crippen LogP contribution is 2.41. The third kappa shape index (κ3) is 4.27. The number of hydrogen-bond donors (Lipinski definition) is 2. The summed E-state index contributed by atoms with van der Waals surface area (Å²) in [5, 5.41) is 13.2. The lowest BCUT2D eigenvalue weighted by molar-refractivity contribution is 0.101. The second kappa shape index (κ2) is 8.66. The van der Waals surface area contributed by atoms with Crippen molar-refractivity contribution in [3.8, 4) is 23.0 Å². The van der Waals surface area contributed by atoms with Crippen LogP contribution in [0.15, 0.2) is 47.1 Å². The van der Waals surface area contributed by atoms with Gasteiger partial charge in [0, 0.05) is 12.3 Å². The van der Waals surface area contributed by atoms with Crippen molar-refractivity contribution in [2.24, 2.45) is 0 Å². The number of aromatic nitrogens is 2. The van der Waals surface area contributed by atoms with Crippen LogP contribution in [0.25, 0.3) is 10.2 Å². The molecule has 31 heavy (non-hydrogen) atoms. The summed E-state index contributed by atoms with van der Waals surface area (Å²) in [6, 6.07) is 8.66. The molecule has 1 amide bonds. The normalized spacial score (nSPS) is 10.8. The maximum Gasteiger partial charge on any atom is 0.280 e. The zero-order valence-electron chi connectivity index (χ0n) is 15.6. The van der Waals surface area contributed by atoms with Gasteiger partial charge in [-0.1, -0.05) is 22.9 Å². The molecular weight excluding hydrogens is 513 g/mol. The van der Waals surface area contributed by atoms with Crippen molar-refractivity contribution in [1.29, 1.82) is 0 Å². The number of benzene rings is 2. The molecule has 2 heterocycles. The monoisotopic (exact) mass is 523 g/mol. The number of carbonyl (C=O) groups is 1. The summed E-state index contributed by atoms with van der Waals surface area (Å²) in [5.41, 5.74) is 0.417. The molecule has 0 saturated carbocycles. The molecule has 0 atom stereocenters. The number of fused-ring (bicyclic) bond motifs is 1. The molecule has 0 saturated heterocycles. The Morgan fingerprint density at radius 1 is 1.23 bits per heavy atom. The highest BCUT2D eigenvalue weighted by atomic mass is 79.9. The van der Waals surface area contributed by atoms with E-state index in [1.165, 1.54) is 42.8 Å². The van der Waals surface area contributed by atoms with Crippen LogP contribution in [0.4, 0.5) is 9.52 Å². The van der Waals surface area contributed by atoms with Crippen LogP contribution in [-0.2, 0) is 0 Å². The van der Waals surface area contributed by atoms with Gasteiger partial charge in [-0.3, -0.25) is 10.1 Å². The van der Waals surface area contributed by atoms with Gasteiger partial charge in [0.15, 0.2) is 22.3 Å². The molecule has 0 aliphatic heterocycles. The molecular formula is C20H12BrClFN3O4S. The number of nitrogens with one attached hydrogen (secondary N) is 1. The molecule has 158 valence electrons. The Morgan fingerprint density at radius 2 is 2.00 bits per heavy atom. The molecule has 2 aromatic heterocycles. The molecule has 11 heteroatoms. The molecule has 2 N–H and O–H groups in total. The minimum Gasteiger partial charge on any atom is -0.503 e. The number of halogens is 3. The van der Waals surface area contributed by atoms with Crippen LogP contribution in [0.3, 0.4) is 0 Å². The Balaban J connectivity index is 1.61. The highest BCUT2D eigenvalue weighted by Gasteiger charge is 2.19. The molecule has 0 spiro atoms. The number of amides is 1. The van der Waals surface area contributed by atoms with Crippen LogP contribution in [0, 0.1) is 5.82 Å². The zero-order valence-corrected chi connectivity index (χ0v) is 18.8. The number of ether oxygens (including phenoxy) is 2. The maximum absolute atomic E-state index is 13.3. The van der Waals surface area contributed by atoms with Gasteiger partial charge in [-0.05, 0) is 46.3 Å². The molecule has 7 nitrogen and oxygen atoms in total. The van der Waals surface area contributed by atoms with Crippen LogP contribution in [0.2, 0.25) is 5.02 Å². The molecule has 0 unspecified atom stereocenters. The van der Waals surface area contributed by atoms with Gasteiger partial charge in [0.2, 0.25) is 0 Å². The number of anilines is 1. The van der Waals surface area contributed by atoms with Gasteiger partial charge in [0.1, 0.15) is 17.3 Å². The van der Waals surface area contributed by atoms with Crippen LogP contribution >= 0.6 is 38.9 Å². The average Bonchev–Trinajstić information content (AvgIpc) is 3.15. The van der Waals surface area contributed by atoms with Gasteiger partial charge in [-0.15, -0.1) is 0 Å². The van der Waals surface area contributed by atoms with Gasteiger partial charge < -0.3 is 14.6 Å². The fourth-order valence-corrected chi connectivity index (χ4v) is 4.43. The highest BCUT2D eigenvalue weighted by molar-refractivity contribution is 9.10.